The lowest BCUT2D eigenvalue weighted by molar-refractivity contribution is 0.569. The molecule has 0 aliphatic carbocycles. The number of anilines is 1. The van der Waals surface area contributed by atoms with Crippen molar-refractivity contribution in [3.05, 3.63) is 46.2 Å². The molecule has 0 spiro atoms. The highest BCUT2D eigenvalue weighted by molar-refractivity contribution is 7.89. The first kappa shape index (κ1) is 14.0. The Morgan fingerprint density at radius 1 is 1.32 bits per heavy atom. The third kappa shape index (κ3) is 3.15. The van der Waals surface area contributed by atoms with Gasteiger partial charge in [-0.25, -0.2) is 13.1 Å². The maximum Gasteiger partial charge on any atom is 0.243 e. The van der Waals surface area contributed by atoms with Crippen LogP contribution in [0.1, 0.15) is 23.4 Å². The highest BCUT2D eigenvalue weighted by atomic mass is 32.2. The number of aryl methyl sites for hydroxylation is 1. The van der Waals surface area contributed by atoms with Crippen molar-refractivity contribution in [3.8, 4) is 0 Å². The Hall–Kier alpha value is -1.37. The van der Waals surface area contributed by atoms with Crippen molar-refractivity contribution >= 4 is 27.0 Å². The van der Waals surface area contributed by atoms with Crippen LogP contribution in [-0.2, 0) is 10.0 Å². The van der Waals surface area contributed by atoms with Crippen molar-refractivity contribution < 1.29 is 8.42 Å². The number of hydrogen-bond donors (Lipinski definition) is 2. The molecule has 2 aromatic rings. The van der Waals surface area contributed by atoms with E-state index in [2.05, 4.69) is 4.72 Å². The summed E-state index contributed by atoms with van der Waals surface area (Å²) in [7, 11) is -3.60. The molecule has 1 aromatic carbocycles. The summed E-state index contributed by atoms with van der Waals surface area (Å²) in [6.07, 6.45) is 0. The van der Waals surface area contributed by atoms with Gasteiger partial charge in [-0.1, -0.05) is 12.1 Å². The summed E-state index contributed by atoms with van der Waals surface area (Å²) >= 11 is 1.52. The molecule has 4 nitrogen and oxygen atoms in total. The van der Waals surface area contributed by atoms with Gasteiger partial charge in [0.25, 0.3) is 0 Å². The van der Waals surface area contributed by atoms with Crippen LogP contribution in [0.3, 0.4) is 0 Å². The van der Waals surface area contributed by atoms with Crippen molar-refractivity contribution in [3.63, 3.8) is 0 Å². The Morgan fingerprint density at radius 2 is 2.05 bits per heavy atom. The first-order chi connectivity index (χ1) is 8.90. The molecule has 0 bridgehead atoms. The average Bonchev–Trinajstić information content (AvgIpc) is 2.80. The second-order valence-electron chi connectivity index (χ2n) is 4.40. The van der Waals surface area contributed by atoms with E-state index in [4.69, 9.17) is 5.73 Å². The van der Waals surface area contributed by atoms with Gasteiger partial charge >= 0.3 is 0 Å². The lowest BCUT2D eigenvalue weighted by Crippen LogP contribution is -2.27. The molecule has 0 saturated heterocycles. The summed E-state index contributed by atoms with van der Waals surface area (Å²) in [4.78, 5) is 1.09. The van der Waals surface area contributed by atoms with Crippen molar-refractivity contribution in [2.75, 3.05) is 5.73 Å². The normalized spacial score (nSPS) is 13.4. The first-order valence-corrected chi connectivity index (χ1v) is 8.18. The number of rotatable bonds is 4. The van der Waals surface area contributed by atoms with E-state index >= 15 is 0 Å². The molecule has 0 amide bonds. The van der Waals surface area contributed by atoms with Gasteiger partial charge in [-0.2, -0.15) is 0 Å². The van der Waals surface area contributed by atoms with Gasteiger partial charge in [0.1, 0.15) is 4.90 Å². The summed E-state index contributed by atoms with van der Waals surface area (Å²) in [6, 6.07) is 8.45. The molecule has 1 aromatic heterocycles. The zero-order valence-electron chi connectivity index (χ0n) is 10.8. The first-order valence-electron chi connectivity index (χ1n) is 5.82. The van der Waals surface area contributed by atoms with Crippen LogP contribution < -0.4 is 10.5 Å². The molecular formula is C13H16N2O2S2. The number of nitrogen functional groups attached to an aromatic ring is 1. The molecule has 1 unspecified atom stereocenters. The van der Waals surface area contributed by atoms with Gasteiger partial charge in [0.15, 0.2) is 0 Å². The molecule has 19 heavy (non-hydrogen) atoms. The van der Waals surface area contributed by atoms with Crippen LogP contribution in [0, 0.1) is 6.92 Å². The minimum Gasteiger partial charge on any atom is -0.398 e. The Balaban J connectivity index is 2.28. The SMILES string of the molecule is Cc1ccc(S(=O)(=O)NC(C)c2cccs2)c(N)c1. The zero-order chi connectivity index (χ0) is 14.0. The molecule has 0 fully saturated rings. The van der Waals surface area contributed by atoms with Crippen LogP contribution in [0.25, 0.3) is 0 Å². The van der Waals surface area contributed by atoms with Crippen LogP contribution >= 0.6 is 11.3 Å². The number of nitrogens with one attached hydrogen (secondary N) is 1. The van der Waals surface area contributed by atoms with E-state index in [1.165, 1.54) is 17.4 Å². The maximum atomic E-state index is 12.3. The molecule has 1 atom stereocenters. The third-order valence-corrected chi connectivity index (χ3v) is 5.43. The summed E-state index contributed by atoms with van der Waals surface area (Å²) in [6.45, 7) is 3.68. The number of nitrogens with two attached hydrogens (primary N) is 1. The Kier molecular flexibility index (Phi) is 3.93. The van der Waals surface area contributed by atoms with Gasteiger partial charge in [-0.15, -0.1) is 11.3 Å². The topological polar surface area (TPSA) is 72.2 Å². The fourth-order valence-corrected chi connectivity index (χ4v) is 3.95. The smallest absolute Gasteiger partial charge is 0.243 e. The van der Waals surface area contributed by atoms with Crippen LogP contribution in [0.5, 0.6) is 0 Å². The molecule has 6 heteroatoms. The fourth-order valence-electron chi connectivity index (χ4n) is 1.80. The van der Waals surface area contributed by atoms with Gasteiger partial charge in [0.05, 0.1) is 11.7 Å². The van der Waals surface area contributed by atoms with Gasteiger partial charge in [0.2, 0.25) is 10.0 Å². The van der Waals surface area contributed by atoms with E-state index in [0.29, 0.717) is 0 Å². The number of sulfonamides is 1. The fraction of sp³-hybridized carbons (Fsp3) is 0.231. The Labute approximate surface area is 117 Å². The highest BCUT2D eigenvalue weighted by Crippen LogP contribution is 2.24. The van der Waals surface area contributed by atoms with Crippen LogP contribution in [0.4, 0.5) is 5.69 Å². The van der Waals surface area contributed by atoms with Crippen molar-refractivity contribution in [2.24, 2.45) is 0 Å². The molecule has 2 rings (SSSR count). The van der Waals surface area contributed by atoms with Gasteiger partial charge < -0.3 is 5.73 Å². The second kappa shape index (κ2) is 5.32. The van der Waals surface area contributed by atoms with E-state index in [1.807, 2.05) is 31.4 Å². The monoisotopic (exact) mass is 296 g/mol. The number of benzene rings is 1. The van der Waals surface area contributed by atoms with Crippen LogP contribution in [-0.4, -0.2) is 8.42 Å². The maximum absolute atomic E-state index is 12.3. The van der Waals surface area contributed by atoms with Crippen molar-refractivity contribution in [1.29, 1.82) is 0 Å². The van der Waals surface area contributed by atoms with Gasteiger partial charge in [-0.3, -0.25) is 0 Å². The summed E-state index contributed by atoms with van der Waals surface area (Å²) < 4.78 is 27.2. The van der Waals surface area contributed by atoms with E-state index < -0.39 is 10.0 Å². The highest BCUT2D eigenvalue weighted by Gasteiger charge is 2.21. The minimum absolute atomic E-state index is 0.126. The van der Waals surface area contributed by atoms with E-state index in [9.17, 15) is 8.42 Å². The predicted octanol–water partition coefficient (Wildman–Crippen LogP) is 2.68. The molecule has 0 aliphatic heterocycles. The summed E-state index contributed by atoms with van der Waals surface area (Å²) in [5.41, 5.74) is 6.99. The second-order valence-corrected chi connectivity index (χ2v) is 7.06. The molecule has 0 saturated carbocycles. The van der Waals surface area contributed by atoms with E-state index in [0.717, 1.165) is 10.4 Å². The quantitative estimate of drug-likeness (QED) is 0.852. The third-order valence-electron chi connectivity index (χ3n) is 2.76. The Bertz CT molecular complexity index is 664. The minimum atomic E-state index is -3.60. The lowest BCUT2D eigenvalue weighted by atomic mass is 10.2. The van der Waals surface area contributed by atoms with Gasteiger partial charge in [0, 0.05) is 4.88 Å². The largest absolute Gasteiger partial charge is 0.398 e. The molecule has 102 valence electrons. The zero-order valence-corrected chi connectivity index (χ0v) is 12.4. The molecule has 0 aliphatic rings. The molecular weight excluding hydrogens is 280 g/mol. The molecule has 1 heterocycles. The van der Waals surface area contributed by atoms with Crippen LogP contribution in [0.15, 0.2) is 40.6 Å². The van der Waals surface area contributed by atoms with Crippen LogP contribution in [0.2, 0.25) is 0 Å². The molecule has 3 N–H and O–H groups in total. The lowest BCUT2D eigenvalue weighted by Gasteiger charge is -2.14. The van der Waals surface area contributed by atoms with E-state index in [1.54, 1.807) is 12.1 Å². The van der Waals surface area contributed by atoms with E-state index in [-0.39, 0.29) is 16.6 Å². The standard InChI is InChI=1S/C13H16N2O2S2/c1-9-5-6-13(11(14)8-9)19(16,17)15-10(2)12-4-3-7-18-12/h3-8,10,15H,14H2,1-2H3. The predicted molar refractivity (Wildman–Crippen MR) is 78.6 cm³/mol. The summed E-state index contributed by atoms with van der Waals surface area (Å²) in [5.74, 6) is 0. The number of hydrogen-bond acceptors (Lipinski definition) is 4. The van der Waals surface area contributed by atoms with Crippen molar-refractivity contribution in [1.82, 2.24) is 4.72 Å². The average molecular weight is 296 g/mol. The Morgan fingerprint density at radius 3 is 2.63 bits per heavy atom. The molecule has 0 radical (unpaired) electrons. The number of thiophene rings is 1. The summed E-state index contributed by atoms with van der Waals surface area (Å²) in [5, 5.41) is 1.92. The van der Waals surface area contributed by atoms with Gasteiger partial charge in [-0.05, 0) is 43.0 Å². The van der Waals surface area contributed by atoms with Crippen molar-refractivity contribution in [2.45, 2.75) is 24.8 Å².